The van der Waals surface area contributed by atoms with E-state index < -0.39 is 15.8 Å². The molecule has 208 valence electrons. The van der Waals surface area contributed by atoms with Gasteiger partial charge in [-0.15, -0.1) is 11.3 Å². The summed E-state index contributed by atoms with van der Waals surface area (Å²) in [5.74, 6) is 0.101. The minimum absolute atomic E-state index is 0.0939. The van der Waals surface area contributed by atoms with Crippen LogP contribution in [0.5, 0.6) is 5.75 Å². The molecule has 1 N–H and O–H groups in total. The Balaban J connectivity index is 1.27. The van der Waals surface area contributed by atoms with Crippen molar-refractivity contribution < 1.29 is 23.1 Å². The maximum Gasteiger partial charge on any atom is 0.308 e. The number of aromatic nitrogens is 1. The van der Waals surface area contributed by atoms with Gasteiger partial charge in [-0.3, -0.25) is 9.69 Å². The molecule has 1 aromatic heterocycles. The van der Waals surface area contributed by atoms with Gasteiger partial charge in [-0.2, -0.15) is 0 Å². The molecule has 3 heterocycles. The van der Waals surface area contributed by atoms with E-state index in [1.165, 1.54) is 16.9 Å². The number of carboxylic acid groups (broad SMARTS) is 1. The molecule has 0 spiro atoms. The lowest BCUT2D eigenvalue weighted by Gasteiger charge is -2.26. The second-order valence-corrected chi connectivity index (χ2v) is 13.8. The molecule has 5 rings (SSSR count). The number of rotatable bonds is 8. The van der Waals surface area contributed by atoms with Crippen LogP contribution >= 0.6 is 11.3 Å². The van der Waals surface area contributed by atoms with Crippen LogP contribution in [0.2, 0.25) is 0 Å². The van der Waals surface area contributed by atoms with Crippen molar-refractivity contribution in [2.75, 3.05) is 36.0 Å². The highest BCUT2D eigenvalue weighted by molar-refractivity contribution is 7.91. The number of carbonyl (C=O) groups is 1. The maximum absolute atomic E-state index is 11.7. The number of hydrogen-bond acceptors (Lipinski definition) is 8. The van der Waals surface area contributed by atoms with E-state index in [-0.39, 0.29) is 23.5 Å². The van der Waals surface area contributed by atoms with Crippen molar-refractivity contribution in [3.8, 4) is 17.0 Å². The van der Waals surface area contributed by atoms with Gasteiger partial charge in [0.05, 0.1) is 23.1 Å². The molecule has 2 atom stereocenters. The summed E-state index contributed by atoms with van der Waals surface area (Å²) in [6.07, 6.45) is 0.627. The number of nitrogens with zero attached hydrogens (tertiary/aromatic N) is 3. The highest BCUT2D eigenvalue weighted by atomic mass is 32.2. The normalized spacial score (nSPS) is 21.3. The number of sulfone groups is 1. The third-order valence-electron chi connectivity index (χ3n) is 7.85. The predicted octanol–water partition coefficient (Wildman–Crippen LogP) is 4.54. The number of aliphatic carboxylic acids is 1. The lowest BCUT2D eigenvalue weighted by Crippen LogP contribution is -2.39. The number of aryl methyl sites for hydroxylation is 2. The van der Waals surface area contributed by atoms with Crippen molar-refractivity contribution in [2.45, 2.75) is 46.4 Å². The van der Waals surface area contributed by atoms with E-state index in [0.717, 1.165) is 45.4 Å². The summed E-state index contributed by atoms with van der Waals surface area (Å²) in [4.78, 5) is 20.7. The molecule has 1 unspecified atom stereocenters. The van der Waals surface area contributed by atoms with E-state index in [2.05, 4.69) is 41.0 Å². The standard InChI is InChI=1S/C29H35N3O5S2/c1-19-4-7-27(25(14-19)26-18-38-29(30-26)32-9-8-24(21(32)3)28(33)34)37-17-23-6-5-22(15-20(23)2)16-31-10-12-39(35,36)13-11-31/h4-7,14-15,18,21,24H,8-13,16-17H2,1-3H3,(H,33,34)/t21?,24-/m1/s1. The number of ether oxygens (including phenoxy) is 1. The number of thiazole rings is 1. The fourth-order valence-electron chi connectivity index (χ4n) is 5.37. The van der Waals surface area contributed by atoms with Crippen LogP contribution in [0.1, 0.15) is 35.6 Å². The van der Waals surface area contributed by atoms with Gasteiger partial charge >= 0.3 is 5.97 Å². The van der Waals surface area contributed by atoms with Crippen molar-refractivity contribution in [1.82, 2.24) is 9.88 Å². The summed E-state index contributed by atoms with van der Waals surface area (Å²) in [5, 5.41) is 12.4. The molecule has 2 aromatic carbocycles. The van der Waals surface area contributed by atoms with E-state index in [1.807, 2.05) is 31.4 Å². The monoisotopic (exact) mass is 569 g/mol. The Morgan fingerprint density at radius 3 is 2.59 bits per heavy atom. The van der Waals surface area contributed by atoms with E-state index in [0.29, 0.717) is 32.7 Å². The lowest BCUT2D eigenvalue weighted by atomic mass is 10.0. The lowest BCUT2D eigenvalue weighted by molar-refractivity contribution is -0.141. The third kappa shape index (κ3) is 6.28. The van der Waals surface area contributed by atoms with Crippen LogP contribution in [0, 0.1) is 19.8 Å². The second kappa shape index (κ2) is 11.3. The topological polar surface area (TPSA) is 100 Å². The maximum atomic E-state index is 11.7. The van der Waals surface area contributed by atoms with Crippen molar-refractivity contribution >= 4 is 32.3 Å². The highest BCUT2D eigenvalue weighted by Gasteiger charge is 2.37. The Morgan fingerprint density at radius 1 is 1.13 bits per heavy atom. The highest BCUT2D eigenvalue weighted by Crippen LogP contribution is 2.38. The summed E-state index contributed by atoms with van der Waals surface area (Å²) in [7, 11) is -2.88. The summed E-state index contributed by atoms with van der Waals surface area (Å²) in [6, 6.07) is 12.3. The second-order valence-electron chi connectivity index (χ2n) is 10.7. The van der Waals surface area contributed by atoms with Gasteiger partial charge in [0.25, 0.3) is 0 Å². The molecule has 39 heavy (non-hydrogen) atoms. The Morgan fingerprint density at radius 2 is 1.90 bits per heavy atom. The van der Waals surface area contributed by atoms with Crippen LogP contribution in [0.3, 0.4) is 0 Å². The molecule has 2 saturated heterocycles. The average Bonchev–Trinajstić information content (AvgIpc) is 3.52. The molecule has 2 fully saturated rings. The SMILES string of the molecule is Cc1ccc(OCc2ccc(CN3CCS(=O)(=O)CC3)cc2C)c(-c2csc(N3CC[C@@H](C(=O)O)C3C)n2)c1. The van der Waals surface area contributed by atoms with Crippen molar-refractivity contribution in [1.29, 1.82) is 0 Å². The third-order valence-corrected chi connectivity index (χ3v) is 10.3. The Kier molecular flexibility index (Phi) is 7.98. The number of carboxylic acids is 1. The van der Waals surface area contributed by atoms with Crippen LogP contribution in [-0.2, 0) is 27.8 Å². The van der Waals surface area contributed by atoms with Crippen LogP contribution < -0.4 is 9.64 Å². The van der Waals surface area contributed by atoms with Gasteiger partial charge in [0.2, 0.25) is 0 Å². The zero-order chi connectivity index (χ0) is 27.7. The average molecular weight is 570 g/mol. The first-order valence-corrected chi connectivity index (χ1v) is 16.0. The fourth-order valence-corrected chi connectivity index (χ4v) is 7.59. The van der Waals surface area contributed by atoms with Crippen LogP contribution in [-0.4, -0.2) is 66.6 Å². The Hall–Kier alpha value is -2.95. The molecule has 0 bridgehead atoms. The van der Waals surface area contributed by atoms with E-state index in [4.69, 9.17) is 9.72 Å². The molecular weight excluding hydrogens is 534 g/mol. The largest absolute Gasteiger partial charge is 0.488 e. The molecule has 2 aliphatic rings. The van der Waals surface area contributed by atoms with Gasteiger partial charge in [0, 0.05) is 43.2 Å². The first-order chi connectivity index (χ1) is 18.6. The predicted molar refractivity (Wildman–Crippen MR) is 154 cm³/mol. The first-order valence-electron chi connectivity index (χ1n) is 13.3. The fraction of sp³-hybridized carbons (Fsp3) is 0.448. The van der Waals surface area contributed by atoms with E-state index in [9.17, 15) is 18.3 Å². The number of hydrogen-bond donors (Lipinski definition) is 1. The minimum atomic E-state index is -2.88. The zero-order valence-electron chi connectivity index (χ0n) is 22.6. The van der Waals surface area contributed by atoms with Gasteiger partial charge in [0.15, 0.2) is 15.0 Å². The summed E-state index contributed by atoms with van der Waals surface area (Å²) < 4.78 is 29.8. The quantitative estimate of drug-likeness (QED) is 0.422. The van der Waals surface area contributed by atoms with E-state index in [1.54, 1.807) is 0 Å². The van der Waals surface area contributed by atoms with Crippen LogP contribution in [0.25, 0.3) is 11.3 Å². The molecule has 8 nitrogen and oxygen atoms in total. The number of anilines is 1. The van der Waals surface area contributed by atoms with Crippen molar-refractivity contribution in [3.63, 3.8) is 0 Å². The smallest absolute Gasteiger partial charge is 0.308 e. The number of benzene rings is 2. The van der Waals surface area contributed by atoms with Crippen molar-refractivity contribution in [2.24, 2.45) is 5.92 Å². The summed E-state index contributed by atoms with van der Waals surface area (Å²) in [6.45, 7) is 9.09. The molecule has 10 heteroatoms. The Bertz CT molecular complexity index is 1460. The van der Waals surface area contributed by atoms with Gasteiger partial charge < -0.3 is 14.7 Å². The first kappa shape index (κ1) is 27.6. The van der Waals surface area contributed by atoms with Gasteiger partial charge in [-0.05, 0) is 56.0 Å². The molecule has 0 amide bonds. The molecule has 0 saturated carbocycles. The Labute approximate surface area is 234 Å². The molecular formula is C29H35N3O5S2. The molecule has 2 aliphatic heterocycles. The zero-order valence-corrected chi connectivity index (χ0v) is 24.2. The molecule has 0 aliphatic carbocycles. The van der Waals surface area contributed by atoms with Crippen LogP contribution in [0.15, 0.2) is 41.8 Å². The molecule has 0 radical (unpaired) electrons. The summed E-state index contributed by atoms with van der Waals surface area (Å²) >= 11 is 1.54. The minimum Gasteiger partial charge on any atom is -0.488 e. The van der Waals surface area contributed by atoms with E-state index >= 15 is 0 Å². The van der Waals surface area contributed by atoms with Gasteiger partial charge in [0.1, 0.15) is 12.4 Å². The van der Waals surface area contributed by atoms with Crippen LogP contribution in [0.4, 0.5) is 5.13 Å². The van der Waals surface area contributed by atoms with Crippen molar-refractivity contribution in [3.05, 3.63) is 64.0 Å². The van der Waals surface area contributed by atoms with Gasteiger partial charge in [-0.1, -0.05) is 29.8 Å². The molecule has 3 aromatic rings. The van der Waals surface area contributed by atoms with Gasteiger partial charge in [-0.25, -0.2) is 13.4 Å². The summed E-state index contributed by atoms with van der Waals surface area (Å²) in [5.41, 5.74) is 6.26.